The van der Waals surface area contributed by atoms with Crippen molar-refractivity contribution in [3.8, 4) is 0 Å². The van der Waals surface area contributed by atoms with Crippen LogP contribution < -0.4 is 11.1 Å². The van der Waals surface area contributed by atoms with Gasteiger partial charge in [-0.2, -0.15) is 0 Å². The number of nitrogens with two attached hydrogens (primary N) is 1. The van der Waals surface area contributed by atoms with Gasteiger partial charge in [0.25, 0.3) is 0 Å². The van der Waals surface area contributed by atoms with Gasteiger partial charge in [-0.1, -0.05) is 6.92 Å². The molecule has 0 aliphatic carbocycles. The largest absolute Gasteiger partial charge is 0.370 e. The summed E-state index contributed by atoms with van der Waals surface area (Å²) in [7, 11) is 0. The Morgan fingerprint density at radius 1 is 1.55 bits per heavy atom. The Labute approximate surface area is 125 Å². The number of aliphatic imine (C=N–C) groups is 1. The number of aryl methyl sites for hydroxylation is 2. The summed E-state index contributed by atoms with van der Waals surface area (Å²) in [6, 6.07) is 0.595. The normalized spacial score (nSPS) is 20.6. The van der Waals surface area contributed by atoms with Crippen LogP contribution >= 0.6 is 11.3 Å². The fraction of sp³-hybridized carbons (Fsp3) is 0.714. The van der Waals surface area contributed by atoms with Gasteiger partial charge in [-0.3, -0.25) is 4.90 Å². The van der Waals surface area contributed by atoms with E-state index in [0.717, 1.165) is 23.8 Å². The Balaban J connectivity index is 1.79. The van der Waals surface area contributed by atoms with Crippen molar-refractivity contribution in [2.75, 3.05) is 19.6 Å². The lowest BCUT2D eigenvalue weighted by Crippen LogP contribution is -2.42. The minimum Gasteiger partial charge on any atom is -0.370 e. The van der Waals surface area contributed by atoms with Crippen molar-refractivity contribution in [2.45, 2.75) is 46.2 Å². The average molecular weight is 295 g/mol. The highest BCUT2D eigenvalue weighted by Gasteiger charge is 2.22. The average Bonchev–Trinajstić information content (AvgIpc) is 3.01. The summed E-state index contributed by atoms with van der Waals surface area (Å²) in [5, 5.41) is 4.27. The van der Waals surface area contributed by atoms with Crippen LogP contribution in [0, 0.1) is 13.8 Å². The van der Waals surface area contributed by atoms with Gasteiger partial charge in [-0.25, -0.2) is 9.98 Å². The van der Waals surface area contributed by atoms with Crippen LogP contribution in [0.4, 0.5) is 0 Å². The molecule has 0 bridgehead atoms. The molecule has 1 aromatic heterocycles. The standard InChI is InChI=1S/C14H25N5S/c1-4-19-7-5-6-12(19)8-16-14(15)17-9-13-18-10(2)11(3)20-13/h12H,4-9H2,1-3H3,(H3,15,16,17). The third-order valence-corrected chi connectivity index (χ3v) is 4.94. The molecule has 5 nitrogen and oxygen atoms in total. The van der Waals surface area contributed by atoms with Gasteiger partial charge in [0.2, 0.25) is 0 Å². The predicted octanol–water partition coefficient (Wildman–Crippen LogP) is 1.65. The Morgan fingerprint density at radius 3 is 3.00 bits per heavy atom. The number of guanidine groups is 1. The number of nitrogens with zero attached hydrogens (tertiary/aromatic N) is 3. The van der Waals surface area contributed by atoms with E-state index in [-0.39, 0.29) is 0 Å². The molecule has 6 heteroatoms. The predicted molar refractivity (Wildman–Crippen MR) is 85.2 cm³/mol. The molecule has 112 valence electrons. The number of hydrogen-bond donors (Lipinski definition) is 2. The van der Waals surface area contributed by atoms with E-state index in [1.165, 1.54) is 24.3 Å². The zero-order chi connectivity index (χ0) is 14.5. The summed E-state index contributed by atoms with van der Waals surface area (Å²) in [6.45, 7) is 10.1. The highest BCUT2D eigenvalue weighted by atomic mass is 32.1. The minimum absolute atomic E-state index is 0.526. The van der Waals surface area contributed by atoms with E-state index in [4.69, 9.17) is 5.73 Å². The van der Waals surface area contributed by atoms with Crippen LogP contribution in [-0.2, 0) is 6.54 Å². The fourth-order valence-electron chi connectivity index (χ4n) is 2.58. The van der Waals surface area contributed by atoms with Gasteiger partial charge >= 0.3 is 0 Å². The second-order valence-electron chi connectivity index (χ2n) is 5.26. The molecule has 1 saturated heterocycles. The van der Waals surface area contributed by atoms with Gasteiger partial charge in [-0.15, -0.1) is 11.3 Å². The molecule has 0 aromatic carbocycles. The van der Waals surface area contributed by atoms with Crippen LogP contribution in [0.5, 0.6) is 0 Å². The Bertz CT molecular complexity index is 449. The molecule has 1 aromatic rings. The summed E-state index contributed by atoms with van der Waals surface area (Å²) in [5.74, 6) is 0.526. The van der Waals surface area contributed by atoms with E-state index in [1.807, 2.05) is 6.92 Å². The summed E-state index contributed by atoms with van der Waals surface area (Å²) in [4.78, 5) is 12.6. The topological polar surface area (TPSA) is 66.5 Å². The molecular weight excluding hydrogens is 270 g/mol. The summed E-state index contributed by atoms with van der Waals surface area (Å²) >= 11 is 1.69. The quantitative estimate of drug-likeness (QED) is 0.640. The fourth-order valence-corrected chi connectivity index (χ4v) is 3.44. The van der Waals surface area contributed by atoms with Crippen molar-refractivity contribution in [3.63, 3.8) is 0 Å². The van der Waals surface area contributed by atoms with Gasteiger partial charge in [0.05, 0.1) is 12.2 Å². The summed E-state index contributed by atoms with van der Waals surface area (Å²) in [5.41, 5.74) is 7.02. The number of rotatable bonds is 5. The molecular formula is C14H25N5S. The van der Waals surface area contributed by atoms with E-state index in [9.17, 15) is 0 Å². The molecule has 1 unspecified atom stereocenters. The van der Waals surface area contributed by atoms with Crippen molar-refractivity contribution in [1.82, 2.24) is 15.2 Å². The lowest BCUT2D eigenvalue weighted by atomic mass is 10.2. The first kappa shape index (κ1) is 15.3. The van der Waals surface area contributed by atoms with Crippen LogP contribution in [0.1, 0.15) is 35.3 Å². The van der Waals surface area contributed by atoms with Crippen LogP contribution in [0.2, 0.25) is 0 Å². The monoisotopic (exact) mass is 295 g/mol. The smallest absolute Gasteiger partial charge is 0.189 e. The van der Waals surface area contributed by atoms with E-state index < -0.39 is 0 Å². The van der Waals surface area contributed by atoms with E-state index in [0.29, 0.717) is 18.5 Å². The first-order valence-electron chi connectivity index (χ1n) is 7.31. The highest BCUT2D eigenvalue weighted by molar-refractivity contribution is 7.11. The van der Waals surface area contributed by atoms with Crippen LogP contribution in [-0.4, -0.2) is 41.5 Å². The minimum atomic E-state index is 0.526. The maximum atomic E-state index is 5.93. The molecule has 0 amide bonds. The molecule has 0 radical (unpaired) electrons. The summed E-state index contributed by atoms with van der Waals surface area (Å²) in [6.07, 6.45) is 2.54. The van der Waals surface area contributed by atoms with E-state index in [2.05, 4.69) is 34.0 Å². The molecule has 20 heavy (non-hydrogen) atoms. The van der Waals surface area contributed by atoms with Gasteiger partial charge in [-0.05, 0) is 39.8 Å². The van der Waals surface area contributed by atoms with Crippen molar-refractivity contribution >= 4 is 17.3 Å². The lowest BCUT2D eigenvalue weighted by molar-refractivity contribution is 0.267. The number of likely N-dealkylation sites (N-methyl/N-ethyl adjacent to an activating group) is 1. The molecule has 1 aliphatic heterocycles. The molecule has 0 spiro atoms. The lowest BCUT2D eigenvalue weighted by Gasteiger charge is -2.23. The first-order valence-corrected chi connectivity index (χ1v) is 8.12. The molecule has 0 saturated carbocycles. The van der Waals surface area contributed by atoms with Gasteiger partial charge < -0.3 is 11.1 Å². The second kappa shape index (κ2) is 7.04. The van der Waals surface area contributed by atoms with Crippen molar-refractivity contribution in [3.05, 3.63) is 15.6 Å². The van der Waals surface area contributed by atoms with Gasteiger partial charge in [0, 0.05) is 17.5 Å². The Morgan fingerprint density at radius 2 is 2.35 bits per heavy atom. The number of nitrogens with one attached hydrogen (secondary N) is 1. The highest BCUT2D eigenvalue weighted by Crippen LogP contribution is 2.17. The number of hydrogen-bond acceptors (Lipinski definition) is 4. The third-order valence-electron chi connectivity index (χ3n) is 3.88. The van der Waals surface area contributed by atoms with E-state index >= 15 is 0 Å². The Hall–Kier alpha value is -1.14. The van der Waals surface area contributed by atoms with Crippen LogP contribution in [0.25, 0.3) is 0 Å². The molecule has 1 atom stereocenters. The van der Waals surface area contributed by atoms with Crippen molar-refractivity contribution < 1.29 is 0 Å². The third kappa shape index (κ3) is 3.93. The van der Waals surface area contributed by atoms with Gasteiger partial charge in [0.15, 0.2) is 5.96 Å². The van der Waals surface area contributed by atoms with Crippen molar-refractivity contribution in [1.29, 1.82) is 0 Å². The van der Waals surface area contributed by atoms with Crippen LogP contribution in [0.3, 0.4) is 0 Å². The molecule has 2 rings (SSSR count). The first-order chi connectivity index (χ1) is 9.60. The van der Waals surface area contributed by atoms with Crippen molar-refractivity contribution in [2.24, 2.45) is 10.7 Å². The second-order valence-corrected chi connectivity index (χ2v) is 6.54. The molecule has 2 heterocycles. The Kier molecular flexibility index (Phi) is 5.37. The zero-order valence-corrected chi connectivity index (χ0v) is 13.5. The number of aromatic nitrogens is 1. The molecule has 1 fully saturated rings. The summed E-state index contributed by atoms with van der Waals surface area (Å²) < 4.78 is 0. The number of thiazole rings is 1. The SMILES string of the molecule is CCN1CCCC1CNC(N)=NCc1nc(C)c(C)s1. The van der Waals surface area contributed by atoms with Gasteiger partial charge in [0.1, 0.15) is 5.01 Å². The van der Waals surface area contributed by atoms with E-state index in [1.54, 1.807) is 11.3 Å². The molecule has 1 aliphatic rings. The maximum absolute atomic E-state index is 5.93. The number of likely N-dealkylation sites (tertiary alicyclic amines) is 1. The van der Waals surface area contributed by atoms with Crippen LogP contribution in [0.15, 0.2) is 4.99 Å². The maximum Gasteiger partial charge on any atom is 0.189 e. The zero-order valence-electron chi connectivity index (χ0n) is 12.6. The molecule has 3 N–H and O–H groups in total.